The molecule has 1 aromatic carbocycles. The van der Waals surface area contributed by atoms with E-state index >= 15 is 0 Å². The molecule has 1 aromatic rings. The van der Waals surface area contributed by atoms with Crippen molar-refractivity contribution in [1.82, 2.24) is 5.32 Å². The molecule has 2 N–H and O–H groups in total. The molecular formula is C17H21NO4. The lowest BCUT2D eigenvalue weighted by molar-refractivity contribution is -0.147. The van der Waals surface area contributed by atoms with Crippen LogP contribution in [0.15, 0.2) is 18.2 Å². The van der Waals surface area contributed by atoms with Gasteiger partial charge in [0.15, 0.2) is 5.54 Å². The summed E-state index contributed by atoms with van der Waals surface area (Å²) in [4.78, 5) is 23.6. The fraction of sp³-hybridized carbons (Fsp3) is 0.529. The van der Waals surface area contributed by atoms with Crippen LogP contribution in [-0.2, 0) is 33.6 Å². The van der Waals surface area contributed by atoms with Gasteiger partial charge in [-0.1, -0.05) is 18.2 Å². The first kappa shape index (κ1) is 15.0. The predicted molar refractivity (Wildman–Crippen MR) is 80.7 cm³/mol. The Balaban J connectivity index is 1.68. The molecule has 22 heavy (non-hydrogen) atoms. The number of hydrogen-bond acceptors (Lipinski definition) is 3. The average molecular weight is 303 g/mol. The van der Waals surface area contributed by atoms with Crippen LogP contribution < -0.4 is 5.32 Å². The maximum Gasteiger partial charge on any atom is 0.331 e. The third-order valence-electron chi connectivity index (χ3n) is 4.59. The number of carbonyl (C=O) groups excluding carboxylic acids is 1. The predicted octanol–water partition coefficient (Wildman–Crippen LogP) is 1.47. The molecule has 0 spiro atoms. The Labute approximate surface area is 129 Å². The molecule has 1 aliphatic heterocycles. The number of carbonyl (C=O) groups is 2. The van der Waals surface area contributed by atoms with Crippen LogP contribution in [0.4, 0.5) is 0 Å². The minimum Gasteiger partial charge on any atom is -0.479 e. The number of carboxylic acids is 1. The van der Waals surface area contributed by atoms with Crippen LogP contribution in [0.5, 0.6) is 0 Å². The number of nitrogens with one attached hydrogen (secondary N) is 1. The highest BCUT2D eigenvalue weighted by molar-refractivity contribution is 5.88. The van der Waals surface area contributed by atoms with Crippen molar-refractivity contribution < 1.29 is 19.4 Å². The van der Waals surface area contributed by atoms with Gasteiger partial charge in [0.2, 0.25) is 5.91 Å². The largest absolute Gasteiger partial charge is 0.479 e. The summed E-state index contributed by atoms with van der Waals surface area (Å²) in [6.45, 7) is 0.406. The summed E-state index contributed by atoms with van der Waals surface area (Å²) in [6.07, 6.45) is 5.13. The summed E-state index contributed by atoms with van der Waals surface area (Å²) in [5, 5.41) is 12.0. The van der Waals surface area contributed by atoms with E-state index in [1.807, 2.05) is 6.07 Å². The zero-order valence-electron chi connectivity index (χ0n) is 12.6. The van der Waals surface area contributed by atoms with Crippen LogP contribution in [0.1, 0.15) is 36.0 Å². The first-order chi connectivity index (χ1) is 10.6. The first-order valence-electron chi connectivity index (χ1n) is 7.82. The van der Waals surface area contributed by atoms with Gasteiger partial charge in [-0.05, 0) is 42.4 Å². The van der Waals surface area contributed by atoms with E-state index in [1.165, 1.54) is 24.0 Å². The molecule has 2 aliphatic rings. The topological polar surface area (TPSA) is 75.6 Å². The lowest BCUT2D eigenvalue weighted by Crippen LogP contribution is -2.55. The molecule has 1 atom stereocenters. The van der Waals surface area contributed by atoms with E-state index in [-0.39, 0.29) is 18.9 Å². The van der Waals surface area contributed by atoms with Crippen molar-refractivity contribution in [1.29, 1.82) is 0 Å². The molecular weight excluding hydrogens is 282 g/mol. The zero-order chi connectivity index (χ0) is 15.6. The summed E-state index contributed by atoms with van der Waals surface area (Å²) in [7, 11) is 0. The molecule has 118 valence electrons. The van der Waals surface area contributed by atoms with Gasteiger partial charge in [0.05, 0.1) is 13.0 Å². The Morgan fingerprint density at radius 2 is 2.00 bits per heavy atom. The van der Waals surface area contributed by atoms with E-state index in [4.69, 9.17) is 4.74 Å². The second kappa shape index (κ2) is 6.08. The smallest absolute Gasteiger partial charge is 0.331 e. The maximum absolute atomic E-state index is 12.2. The normalized spacial score (nSPS) is 23.8. The van der Waals surface area contributed by atoms with Gasteiger partial charge in [0, 0.05) is 13.0 Å². The van der Waals surface area contributed by atoms with E-state index in [0.717, 1.165) is 18.4 Å². The van der Waals surface area contributed by atoms with Crippen LogP contribution in [0.3, 0.4) is 0 Å². The lowest BCUT2D eigenvalue weighted by atomic mass is 9.90. The number of rotatable bonds is 4. The van der Waals surface area contributed by atoms with Crippen molar-refractivity contribution in [3.05, 3.63) is 34.9 Å². The summed E-state index contributed by atoms with van der Waals surface area (Å²) in [5.74, 6) is -1.28. The molecule has 0 radical (unpaired) electrons. The molecule has 1 fully saturated rings. The Morgan fingerprint density at radius 1 is 1.23 bits per heavy atom. The number of carboxylic acid groups (broad SMARTS) is 1. The van der Waals surface area contributed by atoms with Crippen LogP contribution in [0, 0.1) is 0 Å². The van der Waals surface area contributed by atoms with Crippen molar-refractivity contribution in [3.8, 4) is 0 Å². The van der Waals surface area contributed by atoms with Crippen molar-refractivity contribution in [3.63, 3.8) is 0 Å². The van der Waals surface area contributed by atoms with E-state index < -0.39 is 11.5 Å². The first-order valence-corrected chi connectivity index (χ1v) is 7.82. The minimum absolute atomic E-state index is 0.0399. The number of amides is 1. The van der Waals surface area contributed by atoms with Gasteiger partial charge in [-0.15, -0.1) is 0 Å². The van der Waals surface area contributed by atoms with Crippen molar-refractivity contribution in [2.75, 3.05) is 13.2 Å². The van der Waals surface area contributed by atoms with E-state index in [9.17, 15) is 14.7 Å². The number of ether oxygens (including phenoxy) is 1. The van der Waals surface area contributed by atoms with Crippen LogP contribution in [0.2, 0.25) is 0 Å². The third-order valence-corrected chi connectivity index (χ3v) is 4.59. The quantitative estimate of drug-likeness (QED) is 0.883. The van der Waals surface area contributed by atoms with Crippen LogP contribution >= 0.6 is 0 Å². The van der Waals surface area contributed by atoms with Crippen molar-refractivity contribution >= 4 is 11.9 Å². The van der Waals surface area contributed by atoms with Gasteiger partial charge < -0.3 is 15.2 Å². The maximum atomic E-state index is 12.2. The van der Waals surface area contributed by atoms with E-state index in [2.05, 4.69) is 17.4 Å². The summed E-state index contributed by atoms with van der Waals surface area (Å²) in [5.41, 5.74) is 2.39. The number of aryl methyl sites for hydroxylation is 2. The summed E-state index contributed by atoms with van der Waals surface area (Å²) >= 11 is 0. The SMILES string of the molecule is O=C(Cc1ccc2c(c1)CCCC2)NC1(C(=O)O)CCOC1. The fourth-order valence-electron chi connectivity index (χ4n) is 3.28. The Bertz CT molecular complexity index is 590. The molecule has 0 bridgehead atoms. The number of benzene rings is 1. The standard InChI is InChI=1S/C17H21NO4/c19-15(18-17(16(20)21)7-8-22-11-17)10-12-5-6-13-3-1-2-4-14(13)9-12/h5-6,9H,1-4,7-8,10-11H2,(H,18,19)(H,20,21). The van der Waals surface area contributed by atoms with E-state index in [0.29, 0.717) is 13.0 Å². The molecule has 3 rings (SSSR count). The van der Waals surface area contributed by atoms with Gasteiger partial charge in [-0.3, -0.25) is 4.79 Å². The zero-order valence-corrected chi connectivity index (χ0v) is 12.6. The van der Waals surface area contributed by atoms with Gasteiger partial charge >= 0.3 is 5.97 Å². The second-order valence-corrected chi connectivity index (χ2v) is 6.22. The summed E-state index contributed by atoms with van der Waals surface area (Å²) < 4.78 is 5.15. The molecule has 1 unspecified atom stereocenters. The highest BCUT2D eigenvalue weighted by atomic mass is 16.5. The molecule has 5 heteroatoms. The molecule has 5 nitrogen and oxygen atoms in total. The van der Waals surface area contributed by atoms with Crippen LogP contribution in [0.25, 0.3) is 0 Å². The van der Waals surface area contributed by atoms with Crippen molar-refractivity contribution in [2.45, 2.75) is 44.1 Å². The van der Waals surface area contributed by atoms with Gasteiger partial charge in [0.25, 0.3) is 0 Å². The molecule has 1 heterocycles. The van der Waals surface area contributed by atoms with Crippen LogP contribution in [-0.4, -0.2) is 35.7 Å². The average Bonchev–Trinajstić information content (AvgIpc) is 2.97. The van der Waals surface area contributed by atoms with Gasteiger partial charge in [0.1, 0.15) is 0 Å². The highest BCUT2D eigenvalue weighted by Crippen LogP contribution is 2.23. The van der Waals surface area contributed by atoms with E-state index in [1.54, 1.807) is 0 Å². The Kier molecular flexibility index (Phi) is 4.16. The molecule has 1 amide bonds. The second-order valence-electron chi connectivity index (χ2n) is 6.22. The molecule has 1 aliphatic carbocycles. The lowest BCUT2D eigenvalue weighted by Gasteiger charge is -2.24. The Morgan fingerprint density at radius 3 is 2.68 bits per heavy atom. The monoisotopic (exact) mass is 303 g/mol. The number of aliphatic carboxylic acids is 1. The number of hydrogen-bond donors (Lipinski definition) is 2. The number of fused-ring (bicyclic) bond motifs is 1. The van der Waals surface area contributed by atoms with Crippen molar-refractivity contribution in [2.24, 2.45) is 0 Å². The highest BCUT2D eigenvalue weighted by Gasteiger charge is 2.43. The minimum atomic E-state index is -1.26. The third kappa shape index (κ3) is 2.99. The summed E-state index contributed by atoms with van der Waals surface area (Å²) in [6, 6.07) is 6.16. The molecule has 0 aromatic heterocycles. The van der Waals surface area contributed by atoms with Gasteiger partial charge in [-0.2, -0.15) is 0 Å². The van der Waals surface area contributed by atoms with Gasteiger partial charge in [-0.25, -0.2) is 4.79 Å². The fourth-order valence-corrected chi connectivity index (χ4v) is 3.28. The Hall–Kier alpha value is -1.88. The molecule has 0 saturated carbocycles. The molecule has 1 saturated heterocycles.